The van der Waals surface area contributed by atoms with Crippen LogP contribution < -0.4 is 15.7 Å². The van der Waals surface area contributed by atoms with Crippen LogP contribution in [0.1, 0.15) is 32.8 Å². The summed E-state index contributed by atoms with van der Waals surface area (Å²) in [5.41, 5.74) is 1.21. The number of carboxylic acid groups (broad SMARTS) is 1. The molecule has 0 heterocycles. The number of benzene rings is 1. The molecule has 0 aliphatic heterocycles. The van der Waals surface area contributed by atoms with Gasteiger partial charge in [0, 0.05) is 6.04 Å². The lowest BCUT2D eigenvalue weighted by molar-refractivity contribution is -0.309. The zero-order valence-corrected chi connectivity index (χ0v) is 12.8. The molecule has 0 fully saturated rings. The number of aryl methyl sites for hydroxylation is 1. The predicted octanol–water partition coefficient (Wildman–Crippen LogP) is 1.08. The van der Waals surface area contributed by atoms with E-state index in [1.807, 2.05) is 37.3 Å². The number of carbonyl (C=O) groups is 2. The van der Waals surface area contributed by atoms with E-state index in [1.54, 1.807) is 13.8 Å². The SMILES string of the molecule is CC(C)[C@H](NC(=O)N[C@H](C)CCc1ccccc1)C(=O)[O-]. The Balaban J connectivity index is 2.38. The number of rotatable bonds is 7. The van der Waals surface area contributed by atoms with Crippen molar-refractivity contribution in [3.05, 3.63) is 35.9 Å². The molecule has 1 aromatic carbocycles. The van der Waals surface area contributed by atoms with Crippen LogP contribution in [0.25, 0.3) is 0 Å². The Hall–Kier alpha value is -2.04. The van der Waals surface area contributed by atoms with Crippen LogP contribution in [0.3, 0.4) is 0 Å². The third-order valence-electron chi connectivity index (χ3n) is 3.29. The minimum Gasteiger partial charge on any atom is -0.548 e. The van der Waals surface area contributed by atoms with Gasteiger partial charge < -0.3 is 20.5 Å². The van der Waals surface area contributed by atoms with E-state index in [0.717, 1.165) is 12.8 Å². The molecule has 21 heavy (non-hydrogen) atoms. The van der Waals surface area contributed by atoms with Gasteiger partial charge in [0.05, 0.1) is 12.0 Å². The molecule has 2 amide bonds. The normalized spacial score (nSPS) is 13.5. The average Bonchev–Trinajstić information content (AvgIpc) is 2.43. The van der Waals surface area contributed by atoms with Crippen molar-refractivity contribution in [2.24, 2.45) is 5.92 Å². The molecule has 0 aliphatic carbocycles. The topological polar surface area (TPSA) is 81.3 Å². The Morgan fingerprint density at radius 2 is 1.71 bits per heavy atom. The third kappa shape index (κ3) is 6.29. The number of amides is 2. The smallest absolute Gasteiger partial charge is 0.315 e. The van der Waals surface area contributed by atoms with E-state index in [2.05, 4.69) is 10.6 Å². The molecule has 0 spiro atoms. The lowest BCUT2D eigenvalue weighted by atomic mass is 10.0. The molecule has 1 aromatic rings. The quantitative estimate of drug-likeness (QED) is 0.789. The van der Waals surface area contributed by atoms with Crippen LogP contribution in [0.4, 0.5) is 4.79 Å². The number of aliphatic carboxylic acids is 1. The zero-order valence-electron chi connectivity index (χ0n) is 12.8. The Morgan fingerprint density at radius 3 is 2.24 bits per heavy atom. The maximum atomic E-state index is 11.8. The van der Waals surface area contributed by atoms with Gasteiger partial charge in [-0.05, 0) is 31.2 Å². The molecule has 1 rings (SSSR count). The van der Waals surface area contributed by atoms with Gasteiger partial charge in [-0.1, -0.05) is 44.2 Å². The molecule has 2 N–H and O–H groups in total. The third-order valence-corrected chi connectivity index (χ3v) is 3.29. The molecule has 5 nitrogen and oxygen atoms in total. The molecule has 116 valence electrons. The largest absolute Gasteiger partial charge is 0.548 e. The Kier molecular flexibility index (Phi) is 6.72. The van der Waals surface area contributed by atoms with Crippen molar-refractivity contribution in [3.63, 3.8) is 0 Å². The summed E-state index contributed by atoms with van der Waals surface area (Å²) in [4.78, 5) is 22.7. The molecule has 0 unspecified atom stereocenters. The summed E-state index contributed by atoms with van der Waals surface area (Å²) < 4.78 is 0. The Morgan fingerprint density at radius 1 is 1.10 bits per heavy atom. The molecule has 0 radical (unpaired) electrons. The first-order valence-electron chi connectivity index (χ1n) is 7.22. The maximum Gasteiger partial charge on any atom is 0.315 e. The summed E-state index contributed by atoms with van der Waals surface area (Å²) in [5, 5.41) is 16.1. The van der Waals surface area contributed by atoms with Crippen molar-refractivity contribution in [1.29, 1.82) is 0 Å². The summed E-state index contributed by atoms with van der Waals surface area (Å²) in [6.45, 7) is 5.34. The number of hydrogen-bond donors (Lipinski definition) is 2. The summed E-state index contributed by atoms with van der Waals surface area (Å²) in [7, 11) is 0. The molecule has 0 saturated carbocycles. The van der Waals surface area contributed by atoms with Crippen LogP contribution >= 0.6 is 0 Å². The highest BCUT2D eigenvalue weighted by molar-refractivity contribution is 5.81. The minimum absolute atomic E-state index is 0.0419. The van der Waals surface area contributed by atoms with Crippen LogP contribution in [0.2, 0.25) is 0 Å². The fourth-order valence-electron chi connectivity index (χ4n) is 2.00. The van der Waals surface area contributed by atoms with Crippen molar-refractivity contribution in [3.8, 4) is 0 Å². The van der Waals surface area contributed by atoms with Gasteiger partial charge in [0.2, 0.25) is 0 Å². The summed E-state index contributed by atoms with van der Waals surface area (Å²) in [5.74, 6) is -1.49. The maximum absolute atomic E-state index is 11.8. The van der Waals surface area contributed by atoms with Gasteiger partial charge in [0.15, 0.2) is 0 Å². The number of nitrogens with one attached hydrogen (secondary N) is 2. The van der Waals surface area contributed by atoms with Gasteiger partial charge in [-0.2, -0.15) is 0 Å². The van der Waals surface area contributed by atoms with Gasteiger partial charge in [-0.3, -0.25) is 0 Å². The van der Waals surface area contributed by atoms with Crippen LogP contribution in [0, 0.1) is 5.92 Å². The summed E-state index contributed by atoms with van der Waals surface area (Å²) >= 11 is 0. The van der Waals surface area contributed by atoms with Crippen molar-refractivity contribution in [2.75, 3.05) is 0 Å². The number of hydrogen-bond acceptors (Lipinski definition) is 3. The van der Waals surface area contributed by atoms with Gasteiger partial charge in [-0.15, -0.1) is 0 Å². The molecule has 2 atom stereocenters. The molecule has 5 heteroatoms. The van der Waals surface area contributed by atoms with Gasteiger partial charge in [0.1, 0.15) is 0 Å². The predicted molar refractivity (Wildman–Crippen MR) is 79.5 cm³/mol. The van der Waals surface area contributed by atoms with Crippen molar-refractivity contribution in [2.45, 2.75) is 45.7 Å². The molecule has 0 bridgehead atoms. The van der Waals surface area contributed by atoms with E-state index >= 15 is 0 Å². The van der Waals surface area contributed by atoms with Crippen molar-refractivity contribution in [1.82, 2.24) is 10.6 Å². The van der Waals surface area contributed by atoms with Crippen LogP contribution in [-0.2, 0) is 11.2 Å². The molecule has 0 aromatic heterocycles. The fraction of sp³-hybridized carbons (Fsp3) is 0.500. The first-order valence-corrected chi connectivity index (χ1v) is 7.22. The highest BCUT2D eigenvalue weighted by Crippen LogP contribution is 2.05. The van der Waals surface area contributed by atoms with E-state index in [4.69, 9.17) is 0 Å². The molecular formula is C16H23N2O3-. The Bertz CT molecular complexity index is 460. The van der Waals surface area contributed by atoms with Gasteiger partial charge in [-0.25, -0.2) is 4.79 Å². The summed E-state index contributed by atoms with van der Waals surface area (Å²) in [6, 6.07) is 8.50. The number of carbonyl (C=O) groups excluding carboxylic acids is 2. The first kappa shape index (κ1) is 17.0. The highest BCUT2D eigenvalue weighted by atomic mass is 16.4. The van der Waals surface area contributed by atoms with Gasteiger partial charge in [0.25, 0.3) is 0 Å². The zero-order chi connectivity index (χ0) is 15.8. The second-order valence-corrected chi connectivity index (χ2v) is 5.58. The molecule has 0 saturated heterocycles. The number of urea groups is 1. The van der Waals surface area contributed by atoms with Gasteiger partial charge >= 0.3 is 6.03 Å². The van der Waals surface area contributed by atoms with Crippen LogP contribution in [0.5, 0.6) is 0 Å². The van der Waals surface area contributed by atoms with E-state index in [9.17, 15) is 14.7 Å². The minimum atomic E-state index is -1.27. The van der Waals surface area contributed by atoms with Crippen LogP contribution in [-0.4, -0.2) is 24.1 Å². The number of carboxylic acids is 1. The second-order valence-electron chi connectivity index (χ2n) is 5.58. The Labute approximate surface area is 125 Å². The molecule has 0 aliphatic rings. The van der Waals surface area contributed by atoms with E-state index in [0.29, 0.717) is 0 Å². The summed E-state index contributed by atoms with van der Waals surface area (Å²) in [6.07, 6.45) is 1.64. The van der Waals surface area contributed by atoms with E-state index in [-0.39, 0.29) is 12.0 Å². The lowest BCUT2D eigenvalue weighted by Gasteiger charge is -2.24. The lowest BCUT2D eigenvalue weighted by Crippen LogP contribution is -2.54. The first-order chi connectivity index (χ1) is 9.90. The monoisotopic (exact) mass is 291 g/mol. The van der Waals surface area contributed by atoms with Crippen molar-refractivity contribution < 1.29 is 14.7 Å². The highest BCUT2D eigenvalue weighted by Gasteiger charge is 2.18. The standard InChI is InChI=1S/C16H24N2O3/c1-11(2)14(15(19)20)18-16(21)17-12(3)9-10-13-7-5-4-6-8-13/h4-8,11-12,14H,9-10H2,1-3H3,(H,19,20)(H2,17,18,21)/p-1/t12-,14+/m1/s1. The second kappa shape index (κ2) is 8.29. The fourth-order valence-corrected chi connectivity index (χ4v) is 2.00. The van der Waals surface area contributed by atoms with Crippen molar-refractivity contribution >= 4 is 12.0 Å². The van der Waals surface area contributed by atoms with E-state index in [1.165, 1.54) is 5.56 Å². The van der Waals surface area contributed by atoms with E-state index < -0.39 is 18.0 Å². The average molecular weight is 291 g/mol. The molecular weight excluding hydrogens is 268 g/mol. The van der Waals surface area contributed by atoms with Crippen LogP contribution in [0.15, 0.2) is 30.3 Å².